The van der Waals surface area contributed by atoms with Crippen LogP contribution in [0.2, 0.25) is 0 Å². The van der Waals surface area contributed by atoms with Gasteiger partial charge in [-0.2, -0.15) is 0 Å². The van der Waals surface area contributed by atoms with Crippen molar-refractivity contribution in [2.45, 2.75) is 41.0 Å². The molecule has 0 saturated heterocycles. The molecule has 0 amide bonds. The molecule has 0 aromatic carbocycles. The molecule has 62 valence electrons. The average Bonchev–Trinajstić information content (AvgIpc) is 1.99. The van der Waals surface area contributed by atoms with E-state index in [0.717, 1.165) is 0 Å². The molecule has 0 heteroatoms. The van der Waals surface area contributed by atoms with Gasteiger partial charge < -0.3 is 0 Å². The molecule has 0 spiro atoms. The summed E-state index contributed by atoms with van der Waals surface area (Å²) in [6, 6.07) is 0. The molecule has 0 rings (SSSR count). The third kappa shape index (κ3) is 591. The Bertz CT molecular complexity index is 38.5. The summed E-state index contributed by atoms with van der Waals surface area (Å²) >= 11 is 0. The third-order valence-corrected chi connectivity index (χ3v) is 0. The number of terminal acetylenes is 1. The molecule has 0 radical (unpaired) electrons. The monoisotopic (exact) mass is 142 g/mol. The molecule has 0 fully saturated rings. The molecule has 0 N–H and O–H groups in total. The lowest BCUT2D eigenvalue weighted by Crippen LogP contribution is -1.27. The van der Waals surface area contributed by atoms with Crippen LogP contribution in [0.4, 0.5) is 0 Å². The van der Waals surface area contributed by atoms with Crippen LogP contribution in [0.15, 0.2) is 13.2 Å². The Morgan fingerprint density at radius 3 is 1.20 bits per heavy atom. The lowest BCUT2D eigenvalue weighted by molar-refractivity contribution is 1.09. The lowest BCUT2D eigenvalue weighted by Gasteiger charge is -1.48. The second kappa shape index (κ2) is 262. The van der Waals surface area contributed by atoms with Crippen molar-refractivity contribution >= 4 is 0 Å². The molecule has 0 aliphatic rings. The predicted molar refractivity (Wildman–Crippen MR) is 53.1 cm³/mol. The quantitative estimate of drug-likeness (QED) is 0.355. The fraction of sp³-hybridized carbons (Fsp3) is 0.600. The van der Waals surface area contributed by atoms with Crippen molar-refractivity contribution in [3.8, 4) is 12.3 Å². The zero-order valence-electron chi connectivity index (χ0n) is 8.20. The van der Waals surface area contributed by atoms with E-state index in [1.165, 1.54) is 6.42 Å². The first kappa shape index (κ1) is 22.8. The summed E-state index contributed by atoms with van der Waals surface area (Å²) in [4.78, 5) is 0. The van der Waals surface area contributed by atoms with Crippen LogP contribution < -0.4 is 0 Å². The van der Waals surface area contributed by atoms with Crippen molar-refractivity contribution in [2.75, 3.05) is 0 Å². The first-order valence-corrected chi connectivity index (χ1v) is 3.70. The van der Waals surface area contributed by atoms with Crippen LogP contribution in [-0.4, -0.2) is 0 Å². The lowest BCUT2D eigenvalue weighted by atomic mass is 10.6. The molecule has 0 nitrogen and oxygen atoms in total. The zero-order valence-corrected chi connectivity index (χ0v) is 8.20. The van der Waals surface area contributed by atoms with Crippen LogP contribution in [0.5, 0.6) is 0 Å². The van der Waals surface area contributed by atoms with Crippen molar-refractivity contribution < 1.29 is 0 Å². The Kier molecular flexibility index (Phi) is 597. The zero-order chi connectivity index (χ0) is 9.41. The van der Waals surface area contributed by atoms with Gasteiger partial charge in [-0.3, -0.25) is 0 Å². The van der Waals surface area contributed by atoms with E-state index < -0.39 is 0 Å². The van der Waals surface area contributed by atoms with Gasteiger partial charge in [0.05, 0.1) is 0 Å². The molecule has 0 bridgehead atoms. The van der Waals surface area contributed by atoms with Gasteiger partial charge in [-0.15, -0.1) is 25.5 Å². The smallest absolute Gasteiger partial charge is 0.00297 e. The SMILES string of the molecule is C#CC.C=C.CC.CCC. The predicted octanol–water partition coefficient (Wildman–Crippen LogP) is 3.88. The third-order valence-electron chi connectivity index (χ3n) is 0. The maximum absolute atomic E-state index is 4.60. The molecule has 10 heavy (non-hydrogen) atoms. The average molecular weight is 142 g/mol. The van der Waals surface area contributed by atoms with Crippen LogP contribution in [-0.2, 0) is 0 Å². The first-order chi connectivity index (χ1) is 4.83. The second-order valence-corrected chi connectivity index (χ2v) is 0.996. The molecule has 0 aliphatic carbocycles. The highest BCUT2D eigenvalue weighted by Gasteiger charge is 1.35. The van der Waals surface area contributed by atoms with E-state index in [9.17, 15) is 0 Å². The topological polar surface area (TPSA) is 0 Å². The van der Waals surface area contributed by atoms with E-state index in [0.29, 0.717) is 0 Å². The van der Waals surface area contributed by atoms with Gasteiger partial charge in [-0.25, -0.2) is 0 Å². The normalized spacial score (nSPS) is 3.60. The summed E-state index contributed by atoms with van der Waals surface area (Å²) in [5.41, 5.74) is 0. The summed E-state index contributed by atoms with van der Waals surface area (Å²) in [5.74, 6) is 2.25. The molecule has 0 saturated carbocycles. The molecular formula is C10H22. The summed E-state index contributed by atoms with van der Waals surface area (Å²) < 4.78 is 0. The molecule has 0 aliphatic heterocycles. The Balaban J connectivity index is -0.0000000246. The molecular weight excluding hydrogens is 120 g/mol. The number of hydrogen-bond donors (Lipinski definition) is 0. The maximum Gasteiger partial charge on any atom is -0.00297 e. The Labute approximate surface area is 67.4 Å². The molecule has 0 aromatic rings. The van der Waals surface area contributed by atoms with Gasteiger partial charge in [0.2, 0.25) is 0 Å². The molecule has 0 unspecified atom stereocenters. The van der Waals surface area contributed by atoms with E-state index in [2.05, 4.69) is 39.3 Å². The largest absolute Gasteiger partial charge is 0.120 e. The van der Waals surface area contributed by atoms with Gasteiger partial charge >= 0.3 is 0 Å². The van der Waals surface area contributed by atoms with Gasteiger partial charge in [0.15, 0.2) is 0 Å². The minimum absolute atomic E-state index is 1.25. The van der Waals surface area contributed by atoms with Crippen molar-refractivity contribution in [1.82, 2.24) is 0 Å². The van der Waals surface area contributed by atoms with Crippen LogP contribution >= 0.6 is 0 Å². The fourth-order valence-electron chi connectivity index (χ4n) is 0. The fourth-order valence-corrected chi connectivity index (χ4v) is 0. The number of rotatable bonds is 0. The van der Waals surface area contributed by atoms with Gasteiger partial charge in [-0.05, 0) is 6.92 Å². The van der Waals surface area contributed by atoms with E-state index in [4.69, 9.17) is 0 Å². The van der Waals surface area contributed by atoms with Gasteiger partial charge in [-0.1, -0.05) is 34.1 Å². The summed E-state index contributed by atoms with van der Waals surface area (Å²) in [5, 5.41) is 0. The Morgan fingerprint density at radius 1 is 1.20 bits per heavy atom. The summed E-state index contributed by atoms with van der Waals surface area (Å²) in [6.07, 6.45) is 5.85. The minimum Gasteiger partial charge on any atom is -0.120 e. The van der Waals surface area contributed by atoms with Crippen molar-refractivity contribution in [1.29, 1.82) is 0 Å². The maximum atomic E-state index is 4.60. The molecule has 0 aromatic heterocycles. The van der Waals surface area contributed by atoms with Crippen LogP contribution in [0, 0.1) is 12.3 Å². The van der Waals surface area contributed by atoms with Crippen LogP contribution in [0.25, 0.3) is 0 Å². The molecule has 0 atom stereocenters. The van der Waals surface area contributed by atoms with E-state index in [-0.39, 0.29) is 0 Å². The highest BCUT2D eigenvalue weighted by molar-refractivity contribution is 4.73. The van der Waals surface area contributed by atoms with Crippen molar-refractivity contribution in [3.05, 3.63) is 13.2 Å². The highest BCUT2D eigenvalue weighted by atomic mass is 13.4. The molecule has 0 heterocycles. The van der Waals surface area contributed by atoms with E-state index >= 15 is 0 Å². The Morgan fingerprint density at radius 2 is 1.20 bits per heavy atom. The van der Waals surface area contributed by atoms with Crippen LogP contribution in [0.1, 0.15) is 41.0 Å². The number of hydrogen-bond acceptors (Lipinski definition) is 0. The van der Waals surface area contributed by atoms with Crippen molar-refractivity contribution in [3.63, 3.8) is 0 Å². The minimum atomic E-state index is 1.25. The first-order valence-electron chi connectivity index (χ1n) is 3.70. The standard InChI is InChI=1S/C3H8.C3H4.C2H6.C2H4/c2*1-3-2;2*1-2/h3H2,1-2H3;1H,2H3;1-2H3;1-2H2. The van der Waals surface area contributed by atoms with Gasteiger partial charge in [0.1, 0.15) is 0 Å². The highest BCUT2D eigenvalue weighted by Crippen LogP contribution is 1.56. The summed E-state index contributed by atoms with van der Waals surface area (Å²) in [7, 11) is 0. The van der Waals surface area contributed by atoms with Crippen molar-refractivity contribution in [2.24, 2.45) is 0 Å². The van der Waals surface area contributed by atoms with E-state index in [1.807, 2.05) is 13.8 Å². The van der Waals surface area contributed by atoms with Gasteiger partial charge in [0.25, 0.3) is 0 Å². The van der Waals surface area contributed by atoms with Crippen LogP contribution in [0.3, 0.4) is 0 Å². The van der Waals surface area contributed by atoms with Gasteiger partial charge in [0, 0.05) is 0 Å². The van der Waals surface area contributed by atoms with E-state index in [1.54, 1.807) is 6.92 Å². The Hall–Kier alpha value is -0.700. The summed E-state index contributed by atoms with van der Waals surface area (Å²) in [6.45, 7) is 15.9. The second-order valence-electron chi connectivity index (χ2n) is 0.996.